The van der Waals surface area contributed by atoms with Crippen molar-refractivity contribution in [1.29, 1.82) is 0 Å². The minimum absolute atomic E-state index is 0.0421. The summed E-state index contributed by atoms with van der Waals surface area (Å²) < 4.78 is 0. The van der Waals surface area contributed by atoms with Gasteiger partial charge in [-0.3, -0.25) is 10.1 Å². The van der Waals surface area contributed by atoms with E-state index in [-0.39, 0.29) is 21.7 Å². The highest BCUT2D eigenvalue weighted by Gasteiger charge is 2.22. The van der Waals surface area contributed by atoms with E-state index >= 15 is 0 Å². The van der Waals surface area contributed by atoms with Gasteiger partial charge in [0, 0.05) is 6.20 Å². The first kappa shape index (κ1) is 14.0. The van der Waals surface area contributed by atoms with E-state index in [0.29, 0.717) is 10.0 Å². The molecule has 0 bridgehead atoms. The molecule has 0 radical (unpaired) electrons. The van der Waals surface area contributed by atoms with Gasteiger partial charge in [0.25, 0.3) is 0 Å². The predicted octanol–water partition coefficient (Wildman–Crippen LogP) is 3.55. The van der Waals surface area contributed by atoms with Crippen molar-refractivity contribution < 1.29 is 4.92 Å². The van der Waals surface area contributed by atoms with Gasteiger partial charge in [-0.05, 0) is 42.4 Å². The molecule has 2 heterocycles. The molecule has 0 unspecified atom stereocenters. The van der Waals surface area contributed by atoms with E-state index in [1.807, 2.05) is 0 Å². The van der Waals surface area contributed by atoms with Crippen LogP contribution in [0.3, 0.4) is 0 Å². The Hall–Kier alpha value is -1.44. The molecule has 2 rings (SSSR count). The van der Waals surface area contributed by atoms with Crippen LogP contribution in [0.25, 0.3) is 0 Å². The quantitative estimate of drug-likeness (QED) is 0.373. The maximum absolute atomic E-state index is 11.0. The summed E-state index contributed by atoms with van der Waals surface area (Å²) in [6.07, 6.45) is 1.45. The number of nitrogens with zero attached hydrogens (tertiary/aromatic N) is 4. The van der Waals surface area contributed by atoms with E-state index in [1.165, 1.54) is 13.1 Å². The Labute approximate surface area is 122 Å². The van der Waals surface area contributed by atoms with Crippen LogP contribution in [0.2, 0.25) is 10.3 Å². The van der Waals surface area contributed by atoms with Crippen LogP contribution in [-0.4, -0.2) is 19.9 Å². The summed E-state index contributed by atoms with van der Waals surface area (Å²) in [4.78, 5) is 22.2. The molecule has 19 heavy (non-hydrogen) atoms. The lowest BCUT2D eigenvalue weighted by Gasteiger charge is -2.04. The predicted molar refractivity (Wildman–Crippen MR) is 71.8 cm³/mol. The van der Waals surface area contributed by atoms with Crippen molar-refractivity contribution in [2.75, 3.05) is 0 Å². The van der Waals surface area contributed by atoms with Crippen LogP contribution in [0.5, 0.6) is 0 Å². The molecule has 0 fully saturated rings. The summed E-state index contributed by atoms with van der Waals surface area (Å²) in [5, 5.41) is 12.1. The van der Waals surface area contributed by atoms with Gasteiger partial charge in [-0.25, -0.2) is 15.0 Å². The number of hydrogen-bond donors (Lipinski definition) is 0. The van der Waals surface area contributed by atoms with Crippen LogP contribution in [0.15, 0.2) is 28.4 Å². The van der Waals surface area contributed by atoms with Crippen LogP contribution in [0.4, 0.5) is 5.69 Å². The first-order valence-electron chi connectivity index (χ1n) is 4.95. The normalized spacial score (nSPS) is 10.5. The van der Waals surface area contributed by atoms with Gasteiger partial charge in [0.05, 0.1) is 9.95 Å². The molecule has 0 atom stereocenters. The topological polar surface area (TPSA) is 81.8 Å². The lowest BCUT2D eigenvalue weighted by Crippen LogP contribution is -2.00. The Morgan fingerprint density at radius 3 is 2.63 bits per heavy atom. The highest BCUT2D eigenvalue weighted by atomic mass is 35.5. The van der Waals surface area contributed by atoms with Gasteiger partial charge >= 0.3 is 5.69 Å². The molecular formula is C10H6Cl2N4O2S. The summed E-state index contributed by atoms with van der Waals surface area (Å²) in [6.45, 7) is 1.51. The number of halogens is 2. The van der Waals surface area contributed by atoms with Gasteiger partial charge in [-0.2, -0.15) is 0 Å². The second-order valence-electron chi connectivity index (χ2n) is 3.41. The third-order valence-corrected chi connectivity index (χ3v) is 3.40. The maximum atomic E-state index is 11.0. The number of aryl methyl sites for hydroxylation is 1. The zero-order valence-corrected chi connectivity index (χ0v) is 11.8. The second-order valence-corrected chi connectivity index (χ2v) is 5.19. The molecule has 0 spiro atoms. The van der Waals surface area contributed by atoms with Gasteiger partial charge in [-0.1, -0.05) is 11.6 Å². The second kappa shape index (κ2) is 5.68. The molecular weight excluding hydrogens is 311 g/mol. The third-order valence-electron chi connectivity index (χ3n) is 2.08. The van der Waals surface area contributed by atoms with E-state index in [2.05, 4.69) is 15.0 Å². The number of nitro groups is 1. The number of aromatic nitrogens is 3. The standard InChI is InChI=1S/C10H6Cl2N4O2S/c1-5-8(16(17)18)9(15-10(12)14-5)19-7-3-2-6(11)4-13-7/h2-4H,1H3. The molecule has 0 aliphatic rings. The van der Waals surface area contributed by atoms with E-state index in [9.17, 15) is 10.1 Å². The molecule has 0 N–H and O–H groups in total. The highest BCUT2D eigenvalue weighted by molar-refractivity contribution is 7.99. The average Bonchev–Trinajstić information content (AvgIpc) is 2.30. The first-order chi connectivity index (χ1) is 8.97. The Kier molecular flexibility index (Phi) is 4.18. The van der Waals surface area contributed by atoms with Crippen molar-refractivity contribution in [2.24, 2.45) is 0 Å². The largest absolute Gasteiger partial charge is 0.322 e. The smallest absolute Gasteiger partial charge is 0.258 e. The van der Waals surface area contributed by atoms with E-state index < -0.39 is 4.92 Å². The van der Waals surface area contributed by atoms with Gasteiger partial charge in [-0.15, -0.1) is 0 Å². The summed E-state index contributed by atoms with van der Waals surface area (Å²) >= 11 is 12.5. The van der Waals surface area contributed by atoms with Gasteiger partial charge in [0.1, 0.15) is 10.7 Å². The van der Waals surface area contributed by atoms with E-state index in [0.717, 1.165) is 11.8 Å². The van der Waals surface area contributed by atoms with Crippen molar-refractivity contribution in [3.8, 4) is 0 Å². The van der Waals surface area contributed by atoms with Crippen molar-refractivity contribution in [3.63, 3.8) is 0 Å². The number of rotatable bonds is 3. The summed E-state index contributed by atoms with van der Waals surface area (Å²) in [7, 11) is 0. The van der Waals surface area contributed by atoms with E-state index in [1.54, 1.807) is 12.1 Å². The van der Waals surface area contributed by atoms with Gasteiger partial charge in [0.2, 0.25) is 5.28 Å². The minimum Gasteiger partial charge on any atom is -0.258 e. The van der Waals surface area contributed by atoms with Crippen molar-refractivity contribution >= 4 is 40.7 Å². The molecule has 6 nitrogen and oxygen atoms in total. The van der Waals surface area contributed by atoms with Crippen LogP contribution in [0, 0.1) is 17.0 Å². The van der Waals surface area contributed by atoms with Gasteiger partial charge < -0.3 is 0 Å². The van der Waals surface area contributed by atoms with E-state index in [4.69, 9.17) is 23.2 Å². The Balaban J connectivity index is 2.44. The molecule has 0 aliphatic heterocycles. The Morgan fingerprint density at radius 1 is 1.32 bits per heavy atom. The van der Waals surface area contributed by atoms with Crippen molar-refractivity contribution in [3.05, 3.63) is 44.4 Å². The molecule has 98 valence electrons. The average molecular weight is 317 g/mol. The fraction of sp³-hybridized carbons (Fsp3) is 0.100. The monoisotopic (exact) mass is 316 g/mol. The van der Waals surface area contributed by atoms with Crippen molar-refractivity contribution in [1.82, 2.24) is 15.0 Å². The highest BCUT2D eigenvalue weighted by Crippen LogP contribution is 2.34. The molecule has 9 heteroatoms. The molecule has 0 saturated carbocycles. The van der Waals surface area contributed by atoms with Crippen LogP contribution in [-0.2, 0) is 0 Å². The molecule has 0 amide bonds. The van der Waals surface area contributed by atoms with Crippen LogP contribution >= 0.6 is 35.0 Å². The van der Waals surface area contributed by atoms with Gasteiger partial charge in [0.15, 0.2) is 5.03 Å². The van der Waals surface area contributed by atoms with Crippen LogP contribution < -0.4 is 0 Å². The Morgan fingerprint density at radius 2 is 2.05 bits per heavy atom. The summed E-state index contributed by atoms with van der Waals surface area (Å²) in [6, 6.07) is 3.28. The summed E-state index contributed by atoms with van der Waals surface area (Å²) in [5.41, 5.74) is 0.0348. The fourth-order valence-corrected chi connectivity index (χ4v) is 2.57. The molecule has 2 aromatic heterocycles. The lowest BCUT2D eigenvalue weighted by atomic mass is 10.4. The lowest BCUT2D eigenvalue weighted by molar-refractivity contribution is -0.389. The first-order valence-corrected chi connectivity index (χ1v) is 6.52. The van der Waals surface area contributed by atoms with Crippen LogP contribution in [0.1, 0.15) is 5.69 Å². The summed E-state index contributed by atoms with van der Waals surface area (Å²) in [5.74, 6) is 0. The fourth-order valence-electron chi connectivity index (χ4n) is 1.31. The molecule has 0 saturated heterocycles. The molecule has 0 aromatic carbocycles. The number of hydrogen-bond acceptors (Lipinski definition) is 6. The Bertz CT molecular complexity index is 636. The molecule has 0 aliphatic carbocycles. The molecule has 2 aromatic rings. The zero-order valence-electron chi connectivity index (χ0n) is 9.50. The number of pyridine rings is 1. The third kappa shape index (κ3) is 3.31. The maximum Gasteiger partial charge on any atom is 0.322 e. The zero-order chi connectivity index (χ0) is 14.0. The minimum atomic E-state index is -0.538. The van der Waals surface area contributed by atoms with Crippen molar-refractivity contribution in [2.45, 2.75) is 17.0 Å². The SMILES string of the molecule is Cc1nc(Cl)nc(Sc2ccc(Cl)cn2)c1[N+](=O)[O-].